The van der Waals surface area contributed by atoms with Gasteiger partial charge in [-0.3, -0.25) is 9.59 Å². The minimum Gasteiger partial charge on any atom is -0.340 e. The van der Waals surface area contributed by atoms with E-state index in [1.165, 1.54) is 23.5 Å². The molecule has 6 heteroatoms. The number of thiophene rings is 1. The fourth-order valence-electron chi connectivity index (χ4n) is 1.70. The lowest BCUT2D eigenvalue weighted by molar-refractivity contribution is -0.117. The van der Waals surface area contributed by atoms with Crippen molar-refractivity contribution in [1.29, 1.82) is 0 Å². The van der Waals surface area contributed by atoms with Gasteiger partial charge in [-0.25, -0.2) is 4.39 Å². The van der Waals surface area contributed by atoms with Crippen LogP contribution in [0, 0.1) is 12.7 Å². The second-order valence-corrected chi connectivity index (χ2v) is 5.59. The molecule has 2 amide bonds. The zero-order valence-corrected chi connectivity index (χ0v) is 12.5. The molecule has 0 fully saturated rings. The molecule has 1 heterocycles. The van der Waals surface area contributed by atoms with Crippen molar-refractivity contribution in [3.05, 3.63) is 52.0 Å². The lowest BCUT2D eigenvalue weighted by Gasteiger charge is -2.14. The van der Waals surface area contributed by atoms with Crippen molar-refractivity contribution >= 4 is 28.8 Å². The minimum atomic E-state index is -0.764. The predicted octanol–water partition coefficient (Wildman–Crippen LogP) is 2.95. The van der Waals surface area contributed by atoms with Crippen molar-refractivity contribution in [2.75, 3.05) is 5.32 Å². The van der Waals surface area contributed by atoms with Gasteiger partial charge in [0, 0.05) is 0 Å². The van der Waals surface area contributed by atoms with Crippen LogP contribution in [0.2, 0.25) is 0 Å². The van der Waals surface area contributed by atoms with Gasteiger partial charge >= 0.3 is 0 Å². The molecule has 0 saturated heterocycles. The van der Waals surface area contributed by atoms with E-state index in [-0.39, 0.29) is 11.6 Å². The molecule has 21 heavy (non-hydrogen) atoms. The number of anilines is 1. The average Bonchev–Trinajstić information content (AvgIpc) is 2.95. The van der Waals surface area contributed by atoms with Crippen LogP contribution in [0.3, 0.4) is 0 Å². The number of aryl methyl sites for hydroxylation is 1. The van der Waals surface area contributed by atoms with Gasteiger partial charge in [0.2, 0.25) is 5.91 Å². The highest BCUT2D eigenvalue weighted by Crippen LogP contribution is 2.15. The Morgan fingerprint density at radius 3 is 2.67 bits per heavy atom. The first-order chi connectivity index (χ1) is 9.97. The third-order valence-corrected chi connectivity index (χ3v) is 3.74. The van der Waals surface area contributed by atoms with Crippen molar-refractivity contribution in [1.82, 2.24) is 5.32 Å². The zero-order valence-electron chi connectivity index (χ0n) is 11.6. The molecule has 4 nitrogen and oxygen atoms in total. The SMILES string of the molecule is Cc1ccc(NC(=O)[C@H](C)NC(=O)c2cccs2)c(F)c1. The Balaban J connectivity index is 1.98. The summed E-state index contributed by atoms with van der Waals surface area (Å²) in [5.41, 5.74) is 0.868. The molecule has 110 valence electrons. The largest absolute Gasteiger partial charge is 0.340 e. The van der Waals surface area contributed by atoms with Crippen LogP contribution >= 0.6 is 11.3 Å². The summed E-state index contributed by atoms with van der Waals surface area (Å²) >= 11 is 1.29. The Kier molecular flexibility index (Phi) is 4.70. The number of hydrogen-bond acceptors (Lipinski definition) is 3. The van der Waals surface area contributed by atoms with Gasteiger partial charge in [0.15, 0.2) is 0 Å². The van der Waals surface area contributed by atoms with Gasteiger partial charge in [-0.1, -0.05) is 12.1 Å². The number of carbonyl (C=O) groups is 2. The highest BCUT2D eigenvalue weighted by atomic mass is 32.1. The summed E-state index contributed by atoms with van der Waals surface area (Å²) in [5.74, 6) is -1.29. The zero-order chi connectivity index (χ0) is 15.4. The van der Waals surface area contributed by atoms with Gasteiger partial charge < -0.3 is 10.6 Å². The topological polar surface area (TPSA) is 58.2 Å². The normalized spacial score (nSPS) is 11.8. The van der Waals surface area contributed by atoms with Crippen LogP contribution in [0.1, 0.15) is 22.2 Å². The summed E-state index contributed by atoms with van der Waals surface area (Å²) in [6, 6.07) is 7.20. The summed E-state index contributed by atoms with van der Waals surface area (Å²) < 4.78 is 13.7. The van der Waals surface area contributed by atoms with Gasteiger partial charge in [-0.05, 0) is 43.0 Å². The third-order valence-electron chi connectivity index (χ3n) is 2.87. The molecule has 0 saturated carbocycles. The van der Waals surface area contributed by atoms with E-state index >= 15 is 0 Å². The van der Waals surface area contributed by atoms with E-state index in [4.69, 9.17) is 0 Å². The Morgan fingerprint density at radius 1 is 1.29 bits per heavy atom. The van der Waals surface area contributed by atoms with E-state index in [2.05, 4.69) is 10.6 Å². The quantitative estimate of drug-likeness (QED) is 0.912. The molecule has 0 spiro atoms. The highest BCUT2D eigenvalue weighted by Gasteiger charge is 2.18. The van der Waals surface area contributed by atoms with E-state index in [9.17, 15) is 14.0 Å². The van der Waals surface area contributed by atoms with Crippen LogP contribution in [0.15, 0.2) is 35.7 Å². The summed E-state index contributed by atoms with van der Waals surface area (Å²) in [6.07, 6.45) is 0. The minimum absolute atomic E-state index is 0.0998. The molecule has 1 atom stereocenters. The number of halogens is 1. The van der Waals surface area contributed by atoms with Crippen molar-refractivity contribution in [3.8, 4) is 0 Å². The summed E-state index contributed by atoms with van der Waals surface area (Å²) in [4.78, 5) is 24.3. The van der Waals surface area contributed by atoms with E-state index in [1.54, 1.807) is 37.4 Å². The van der Waals surface area contributed by atoms with Crippen molar-refractivity contribution < 1.29 is 14.0 Å². The fourth-order valence-corrected chi connectivity index (χ4v) is 2.33. The molecule has 0 radical (unpaired) electrons. The molecular weight excluding hydrogens is 291 g/mol. The van der Waals surface area contributed by atoms with Crippen molar-refractivity contribution in [2.45, 2.75) is 19.9 Å². The molecule has 0 aliphatic heterocycles. The molecule has 0 unspecified atom stereocenters. The van der Waals surface area contributed by atoms with Crippen molar-refractivity contribution in [3.63, 3.8) is 0 Å². The smallest absolute Gasteiger partial charge is 0.261 e. The van der Waals surface area contributed by atoms with Crippen LogP contribution in [0.5, 0.6) is 0 Å². The fraction of sp³-hybridized carbons (Fsp3) is 0.200. The average molecular weight is 306 g/mol. The maximum absolute atomic E-state index is 13.7. The maximum atomic E-state index is 13.7. The molecule has 2 rings (SSSR count). The van der Waals surface area contributed by atoms with E-state index in [0.29, 0.717) is 4.88 Å². The summed E-state index contributed by atoms with van der Waals surface area (Å²) in [5, 5.41) is 6.81. The highest BCUT2D eigenvalue weighted by molar-refractivity contribution is 7.12. The molecule has 0 aliphatic carbocycles. The van der Waals surface area contributed by atoms with Crippen LogP contribution in [-0.2, 0) is 4.79 Å². The van der Waals surface area contributed by atoms with Crippen LogP contribution in [0.4, 0.5) is 10.1 Å². The van der Waals surface area contributed by atoms with Crippen LogP contribution in [0.25, 0.3) is 0 Å². The summed E-state index contributed by atoms with van der Waals surface area (Å²) in [6.45, 7) is 3.31. The first kappa shape index (κ1) is 15.2. The van der Waals surface area contributed by atoms with Gasteiger partial charge in [-0.2, -0.15) is 0 Å². The number of nitrogens with one attached hydrogen (secondary N) is 2. The monoisotopic (exact) mass is 306 g/mol. The van der Waals surface area contributed by atoms with E-state index < -0.39 is 17.8 Å². The Hall–Kier alpha value is -2.21. The van der Waals surface area contributed by atoms with Gasteiger partial charge in [0.1, 0.15) is 11.9 Å². The first-order valence-corrected chi connectivity index (χ1v) is 7.26. The van der Waals surface area contributed by atoms with Crippen molar-refractivity contribution in [2.24, 2.45) is 0 Å². The Labute approximate surface area is 126 Å². The Morgan fingerprint density at radius 2 is 2.05 bits per heavy atom. The van der Waals surface area contributed by atoms with Gasteiger partial charge in [0.25, 0.3) is 5.91 Å². The molecule has 0 bridgehead atoms. The number of amides is 2. The predicted molar refractivity (Wildman–Crippen MR) is 81.0 cm³/mol. The number of rotatable bonds is 4. The van der Waals surface area contributed by atoms with Crippen LogP contribution < -0.4 is 10.6 Å². The second-order valence-electron chi connectivity index (χ2n) is 4.65. The van der Waals surface area contributed by atoms with Gasteiger partial charge in [0.05, 0.1) is 10.6 Å². The number of hydrogen-bond donors (Lipinski definition) is 2. The molecule has 1 aromatic heterocycles. The standard InChI is InChI=1S/C15H15FN2O2S/c1-9-5-6-12(11(16)8-9)18-14(19)10(2)17-15(20)13-4-3-7-21-13/h3-8,10H,1-2H3,(H,17,20)(H,18,19)/t10-/m0/s1. The molecule has 0 aliphatic rings. The molecule has 2 N–H and O–H groups in total. The van der Waals surface area contributed by atoms with Crippen LogP contribution in [-0.4, -0.2) is 17.9 Å². The molecule has 2 aromatic rings. The number of carbonyl (C=O) groups excluding carboxylic acids is 2. The molecule has 1 aromatic carbocycles. The Bertz CT molecular complexity index is 656. The van der Waals surface area contributed by atoms with E-state index in [0.717, 1.165) is 5.56 Å². The van der Waals surface area contributed by atoms with E-state index in [1.807, 2.05) is 0 Å². The second kappa shape index (κ2) is 6.49. The third kappa shape index (κ3) is 3.88. The first-order valence-electron chi connectivity index (χ1n) is 6.39. The maximum Gasteiger partial charge on any atom is 0.261 e. The molecular formula is C15H15FN2O2S. The van der Waals surface area contributed by atoms with Gasteiger partial charge in [-0.15, -0.1) is 11.3 Å². The lowest BCUT2D eigenvalue weighted by Crippen LogP contribution is -2.41. The lowest BCUT2D eigenvalue weighted by atomic mass is 10.2. The summed E-state index contributed by atoms with van der Waals surface area (Å²) in [7, 11) is 0. The number of benzene rings is 1.